The van der Waals surface area contributed by atoms with Crippen LogP contribution in [0.4, 0.5) is 0 Å². The van der Waals surface area contributed by atoms with Gasteiger partial charge in [-0.15, -0.1) is 0 Å². The summed E-state index contributed by atoms with van der Waals surface area (Å²) in [5, 5.41) is 12.3. The Kier molecular flexibility index (Phi) is 5.84. The van der Waals surface area contributed by atoms with Gasteiger partial charge in [-0.2, -0.15) is 0 Å². The lowest BCUT2D eigenvalue weighted by atomic mass is 9.53. The Morgan fingerprint density at radius 3 is 2.72 bits per heavy atom. The lowest BCUT2D eigenvalue weighted by Gasteiger charge is -2.52. The van der Waals surface area contributed by atoms with E-state index in [0.29, 0.717) is 29.3 Å². The molecule has 7 rings (SSSR count). The minimum atomic E-state index is -0.995. The number of aryl methyl sites for hydroxylation is 1. The summed E-state index contributed by atoms with van der Waals surface area (Å²) >= 11 is 0. The van der Waals surface area contributed by atoms with Crippen molar-refractivity contribution in [3.8, 4) is 34.8 Å². The molecule has 0 bridgehead atoms. The van der Waals surface area contributed by atoms with Crippen molar-refractivity contribution < 1.29 is 24.1 Å². The van der Waals surface area contributed by atoms with Gasteiger partial charge in [-0.05, 0) is 105 Å². The first-order chi connectivity index (χ1) is 18.9. The molecule has 0 saturated heterocycles. The summed E-state index contributed by atoms with van der Waals surface area (Å²) in [7, 11) is 5.53. The van der Waals surface area contributed by atoms with Crippen LogP contribution in [-0.2, 0) is 12.8 Å². The zero-order valence-corrected chi connectivity index (χ0v) is 23.5. The maximum atomic E-state index is 12.3. The van der Waals surface area contributed by atoms with Gasteiger partial charge in [-0.3, -0.25) is 4.90 Å². The molecule has 0 radical (unpaired) electrons. The van der Waals surface area contributed by atoms with Crippen molar-refractivity contribution in [1.29, 1.82) is 0 Å². The monoisotopic (exact) mass is 529 g/mol. The van der Waals surface area contributed by atoms with E-state index in [1.165, 1.54) is 23.1 Å². The second kappa shape index (κ2) is 9.08. The zero-order chi connectivity index (χ0) is 26.9. The fourth-order valence-corrected chi connectivity index (χ4v) is 8.71. The number of likely N-dealkylation sites (N-methyl/N-ethyl adjacent to an activating group) is 1. The first-order valence-corrected chi connectivity index (χ1v) is 14.5. The minimum absolute atomic E-state index is 0.169. The fraction of sp³-hybridized carbons (Fsp3) is 0.576. The third-order valence-electron chi connectivity index (χ3n) is 10.9. The van der Waals surface area contributed by atoms with Crippen LogP contribution in [-0.4, -0.2) is 50.2 Å². The summed E-state index contributed by atoms with van der Waals surface area (Å²) in [5.74, 6) is 11.8. The molecule has 0 amide bonds. The smallest absolute Gasteiger partial charge is 0.231 e. The predicted molar refractivity (Wildman–Crippen MR) is 149 cm³/mol. The Morgan fingerprint density at radius 1 is 1.03 bits per heavy atom. The van der Waals surface area contributed by atoms with Crippen LogP contribution in [0.1, 0.15) is 73.2 Å². The summed E-state index contributed by atoms with van der Waals surface area (Å²) in [6, 6.07) is 8.56. The summed E-state index contributed by atoms with van der Waals surface area (Å²) in [6.45, 7) is 3.41. The highest BCUT2D eigenvalue weighted by Gasteiger charge is 2.61. The highest BCUT2D eigenvalue weighted by molar-refractivity contribution is 5.63. The number of hydrogen-bond acceptors (Lipinski definition) is 6. The molecule has 39 heavy (non-hydrogen) atoms. The molecule has 6 atom stereocenters. The van der Waals surface area contributed by atoms with E-state index < -0.39 is 5.60 Å². The summed E-state index contributed by atoms with van der Waals surface area (Å²) < 4.78 is 22.8. The number of benzene rings is 2. The second-order valence-electron chi connectivity index (χ2n) is 12.5. The van der Waals surface area contributed by atoms with Gasteiger partial charge < -0.3 is 24.1 Å². The second-order valence-corrected chi connectivity index (χ2v) is 12.5. The molecule has 6 heteroatoms. The molecule has 3 aliphatic carbocycles. The van der Waals surface area contributed by atoms with Gasteiger partial charge in [0.05, 0.1) is 14.2 Å². The standard InChI is InChI=1S/C33H39NO5/c1-32-13-9-24-23-8-6-22(36-3)17-20(23)5-7-25(24)26(32)10-14-33(32,35)15-11-27-29-21(12-16-34(27)2)18-28-30(31(29)37-4)39-19-38-28/h6,8,17-18,24-27,35H,5,7,9-10,12-14,16,19H2,1-4H3/t24-,25-,26+,27+,32+,33+/m1/s1. The van der Waals surface area contributed by atoms with Crippen molar-refractivity contribution in [3.05, 3.63) is 46.5 Å². The normalized spacial score (nSPS) is 34.2. The van der Waals surface area contributed by atoms with Crippen molar-refractivity contribution >= 4 is 0 Å². The first kappa shape index (κ1) is 25.1. The number of nitrogens with zero attached hydrogens (tertiary/aromatic N) is 1. The van der Waals surface area contributed by atoms with Gasteiger partial charge in [0.15, 0.2) is 11.5 Å². The van der Waals surface area contributed by atoms with Gasteiger partial charge in [0.2, 0.25) is 12.5 Å². The van der Waals surface area contributed by atoms with Gasteiger partial charge in [-0.25, -0.2) is 0 Å². The molecule has 2 fully saturated rings. The number of hydrogen-bond donors (Lipinski definition) is 1. The number of fused-ring (bicyclic) bond motifs is 7. The van der Waals surface area contributed by atoms with E-state index in [1.807, 2.05) is 0 Å². The molecule has 2 aromatic carbocycles. The van der Waals surface area contributed by atoms with Crippen molar-refractivity contribution in [1.82, 2.24) is 4.90 Å². The van der Waals surface area contributed by atoms with Crippen LogP contribution in [0, 0.1) is 29.1 Å². The molecule has 2 aromatic rings. The van der Waals surface area contributed by atoms with E-state index in [9.17, 15) is 5.11 Å². The van der Waals surface area contributed by atoms with Crippen LogP contribution < -0.4 is 18.9 Å². The summed E-state index contributed by atoms with van der Waals surface area (Å²) in [4.78, 5) is 2.27. The van der Waals surface area contributed by atoms with E-state index in [1.54, 1.807) is 14.2 Å². The van der Waals surface area contributed by atoms with Gasteiger partial charge in [0.25, 0.3) is 0 Å². The largest absolute Gasteiger partial charge is 0.497 e. The molecule has 0 unspecified atom stereocenters. The van der Waals surface area contributed by atoms with Crippen LogP contribution in [0.2, 0.25) is 0 Å². The summed E-state index contributed by atoms with van der Waals surface area (Å²) in [6.07, 6.45) is 7.03. The minimum Gasteiger partial charge on any atom is -0.497 e. The van der Waals surface area contributed by atoms with Gasteiger partial charge in [0, 0.05) is 17.5 Å². The van der Waals surface area contributed by atoms with Gasteiger partial charge in [-0.1, -0.05) is 24.8 Å². The summed E-state index contributed by atoms with van der Waals surface area (Å²) in [5.41, 5.74) is 3.98. The van der Waals surface area contributed by atoms with Crippen LogP contribution >= 0.6 is 0 Å². The maximum absolute atomic E-state index is 12.3. The molecule has 0 spiro atoms. The van der Waals surface area contributed by atoms with Gasteiger partial charge >= 0.3 is 0 Å². The fourth-order valence-electron chi connectivity index (χ4n) is 8.71. The van der Waals surface area contributed by atoms with Crippen LogP contribution in [0.15, 0.2) is 24.3 Å². The quantitative estimate of drug-likeness (QED) is 0.536. The number of ether oxygens (including phenoxy) is 4. The topological polar surface area (TPSA) is 60.4 Å². The SMILES string of the molecule is COc1ccc2c(c1)CC[C@@H]1[C@@H]2CC[C@@]2(C)[C@H]1CC[C@]2(O)C#C[C@H]1c2c(cc3c(c2OC)OCO3)CCN1C. The molecule has 0 aromatic heterocycles. The molecule has 2 aliphatic heterocycles. The highest BCUT2D eigenvalue weighted by Crippen LogP contribution is 2.64. The Labute approximate surface area is 231 Å². The van der Waals surface area contributed by atoms with Crippen LogP contribution in [0.25, 0.3) is 0 Å². The molecule has 206 valence electrons. The molecule has 6 nitrogen and oxygen atoms in total. The average molecular weight is 530 g/mol. The van der Waals surface area contributed by atoms with Crippen LogP contribution in [0.3, 0.4) is 0 Å². The molecule has 2 heterocycles. The van der Waals surface area contributed by atoms with E-state index in [-0.39, 0.29) is 18.2 Å². The molecule has 2 saturated carbocycles. The van der Waals surface area contributed by atoms with E-state index in [2.05, 4.69) is 55.0 Å². The van der Waals surface area contributed by atoms with E-state index >= 15 is 0 Å². The zero-order valence-electron chi connectivity index (χ0n) is 23.5. The first-order valence-electron chi connectivity index (χ1n) is 14.5. The average Bonchev–Trinajstić information content (AvgIpc) is 3.52. The third-order valence-corrected chi connectivity index (χ3v) is 10.9. The lowest BCUT2D eigenvalue weighted by molar-refractivity contribution is -0.0649. The van der Waals surface area contributed by atoms with E-state index in [4.69, 9.17) is 18.9 Å². The van der Waals surface area contributed by atoms with Crippen molar-refractivity contribution in [2.75, 3.05) is 34.6 Å². The molecular formula is C33H39NO5. The molecule has 5 aliphatic rings. The van der Waals surface area contributed by atoms with Crippen molar-refractivity contribution in [3.63, 3.8) is 0 Å². The van der Waals surface area contributed by atoms with E-state index in [0.717, 1.165) is 62.1 Å². The molecular weight excluding hydrogens is 490 g/mol. The number of methoxy groups -OCH3 is 2. The Bertz CT molecular complexity index is 1380. The predicted octanol–water partition coefficient (Wildman–Crippen LogP) is 5.25. The number of rotatable bonds is 2. The number of aliphatic hydroxyl groups is 1. The van der Waals surface area contributed by atoms with Gasteiger partial charge in [0.1, 0.15) is 17.4 Å². The van der Waals surface area contributed by atoms with Crippen molar-refractivity contribution in [2.45, 2.75) is 69.4 Å². The Balaban J connectivity index is 1.21. The maximum Gasteiger partial charge on any atom is 0.231 e. The molecule has 1 N–H and O–H groups in total. The van der Waals surface area contributed by atoms with Crippen LogP contribution in [0.5, 0.6) is 23.0 Å². The Morgan fingerprint density at radius 2 is 1.90 bits per heavy atom. The lowest BCUT2D eigenvalue weighted by Crippen LogP contribution is -2.50. The third kappa shape index (κ3) is 3.62. The Hall–Kier alpha value is -2.88. The highest BCUT2D eigenvalue weighted by atomic mass is 16.7. The van der Waals surface area contributed by atoms with Crippen molar-refractivity contribution in [2.24, 2.45) is 17.3 Å².